The van der Waals surface area contributed by atoms with Crippen molar-refractivity contribution in [3.8, 4) is 0 Å². The molecule has 22 heavy (non-hydrogen) atoms. The van der Waals surface area contributed by atoms with Crippen molar-refractivity contribution in [3.63, 3.8) is 0 Å². The van der Waals surface area contributed by atoms with Crippen molar-refractivity contribution in [2.75, 3.05) is 5.75 Å². The quantitative estimate of drug-likeness (QED) is 0.376. The molecule has 0 fully saturated rings. The Kier molecular flexibility index (Phi) is 5.24. The van der Waals surface area contributed by atoms with Crippen molar-refractivity contribution in [3.05, 3.63) is 59.2 Å². The Bertz CT molecular complexity index is 612. The van der Waals surface area contributed by atoms with Crippen LogP contribution in [0.1, 0.15) is 21.8 Å². The van der Waals surface area contributed by atoms with Gasteiger partial charge in [0, 0.05) is 17.2 Å². The molecule has 1 heterocycles. The largest absolute Gasteiger partial charge is 0.510 e. The highest BCUT2D eigenvalue weighted by molar-refractivity contribution is 8.02. The van der Waals surface area contributed by atoms with Crippen molar-refractivity contribution in [1.82, 2.24) is 10.8 Å². The molecule has 2 rings (SSSR count). The van der Waals surface area contributed by atoms with Gasteiger partial charge in [-0.25, -0.2) is 5.48 Å². The lowest BCUT2D eigenvalue weighted by atomic mass is 10.00. The summed E-state index contributed by atoms with van der Waals surface area (Å²) < 4.78 is 0. The first-order chi connectivity index (χ1) is 10.5. The number of hydrogen-bond donors (Lipinski definition) is 4. The lowest BCUT2D eigenvalue weighted by Gasteiger charge is -2.15. The summed E-state index contributed by atoms with van der Waals surface area (Å²) in [4.78, 5) is 23.4. The Morgan fingerprint density at radius 1 is 1.32 bits per heavy atom. The van der Waals surface area contributed by atoms with Gasteiger partial charge in [-0.15, -0.1) is 11.8 Å². The molecule has 116 valence electrons. The number of hydroxylamine groups is 1. The zero-order valence-corrected chi connectivity index (χ0v) is 12.5. The molecule has 1 aliphatic heterocycles. The summed E-state index contributed by atoms with van der Waals surface area (Å²) in [6, 6.07) is 5.59. The van der Waals surface area contributed by atoms with Gasteiger partial charge in [0.25, 0.3) is 11.8 Å². The van der Waals surface area contributed by atoms with Crippen LogP contribution in [-0.2, 0) is 4.79 Å². The number of carbonyl (C=O) groups is 2. The van der Waals surface area contributed by atoms with Gasteiger partial charge in [-0.3, -0.25) is 14.8 Å². The van der Waals surface area contributed by atoms with Gasteiger partial charge in [-0.2, -0.15) is 0 Å². The van der Waals surface area contributed by atoms with E-state index < -0.39 is 23.6 Å². The summed E-state index contributed by atoms with van der Waals surface area (Å²) in [6.45, 7) is 3.20. The predicted octanol–water partition coefficient (Wildman–Crippen LogP) is 1.71. The molecule has 0 saturated heterocycles. The second-order valence-electron chi connectivity index (χ2n) is 4.76. The molecule has 0 radical (unpaired) electrons. The standard InChI is InChI=1S/C15H16N2O4S/c1-9(18)13(15(20)17-21)16-14(19)11-4-2-10(3-5-11)12-6-7-22-8-12/h2-7,12-13,18,21H,1,8H2,(H,16,19)(H,17,20)/t12?,13-/m0/s1. The fourth-order valence-corrected chi connectivity index (χ4v) is 2.96. The number of carbonyl (C=O) groups excluding carboxylic acids is 2. The molecular formula is C15H16N2O4S. The Morgan fingerprint density at radius 2 is 2.00 bits per heavy atom. The van der Waals surface area contributed by atoms with E-state index in [-0.39, 0.29) is 0 Å². The van der Waals surface area contributed by atoms with E-state index in [0.717, 1.165) is 11.3 Å². The van der Waals surface area contributed by atoms with Crippen LogP contribution in [0.15, 0.2) is 48.1 Å². The maximum atomic E-state index is 12.1. The van der Waals surface area contributed by atoms with E-state index in [1.54, 1.807) is 23.9 Å². The van der Waals surface area contributed by atoms with Crippen LogP contribution < -0.4 is 10.8 Å². The molecule has 2 atom stereocenters. The summed E-state index contributed by atoms with van der Waals surface area (Å²) >= 11 is 1.74. The first-order valence-corrected chi connectivity index (χ1v) is 7.58. The van der Waals surface area contributed by atoms with Crippen LogP contribution in [0.2, 0.25) is 0 Å². The monoisotopic (exact) mass is 320 g/mol. The van der Waals surface area contributed by atoms with E-state index in [1.807, 2.05) is 12.1 Å². The minimum atomic E-state index is -1.41. The number of hydrogen-bond acceptors (Lipinski definition) is 5. The number of nitrogens with one attached hydrogen (secondary N) is 2. The third kappa shape index (κ3) is 3.69. The van der Waals surface area contributed by atoms with Gasteiger partial charge >= 0.3 is 0 Å². The molecule has 0 bridgehead atoms. The van der Waals surface area contributed by atoms with Gasteiger partial charge in [0.15, 0.2) is 6.04 Å². The normalized spacial score (nSPS) is 17.8. The molecule has 2 amide bonds. The highest BCUT2D eigenvalue weighted by Gasteiger charge is 2.24. The second-order valence-corrected chi connectivity index (χ2v) is 5.70. The first-order valence-electron chi connectivity index (χ1n) is 6.53. The molecule has 4 N–H and O–H groups in total. The average Bonchev–Trinajstić information content (AvgIpc) is 3.06. The van der Waals surface area contributed by atoms with Crippen LogP contribution in [0.3, 0.4) is 0 Å². The molecule has 6 nitrogen and oxygen atoms in total. The third-order valence-electron chi connectivity index (χ3n) is 3.26. The molecule has 1 aromatic carbocycles. The van der Waals surface area contributed by atoms with Crippen molar-refractivity contribution in [2.45, 2.75) is 12.0 Å². The Labute approximate surface area is 131 Å². The minimum absolute atomic E-state index is 0.340. The molecule has 0 aromatic heterocycles. The van der Waals surface area contributed by atoms with Gasteiger partial charge in [0.05, 0.1) is 0 Å². The maximum Gasteiger partial charge on any atom is 0.273 e. The zero-order chi connectivity index (χ0) is 16.1. The van der Waals surface area contributed by atoms with Gasteiger partial charge in [0.1, 0.15) is 5.76 Å². The Morgan fingerprint density at radius 3 is 2.50 bits per heavy atom. The highest BCUT2D eigenvalue weighted by Crippen LogP contribution is 2.29. The number of rotatable bonds is 5. The van der Waals surface area contributed by atoms with Crippen LogP contribution >= 0.6 is 11.8 Å². The lowest BCUT2D eigenvalue weighted by molar-refractivity contribution is -0.130. The number of allylic oxidation sites excluding steroid dienone is 1. The third-order valence-corrected chi connectivity index (χ3v) is 4.17. The fourth-order valence-electron chi connectivity index (χ4n) is 2.03. The van der Waals surface area contributed by atoms with Crippen molar-refractivity contribution in [2.24, 2.45) is 0 Å². The molecule has 1 unspecified atom stereocenters. The topological polar surface area (TPSA) is 98.7 Å². The highest BCUT2D eigenvalue weighted by atomic mass is 32.2. The molecular weight excluding hydrogens is 304 g/mol. The number of thioether (sulfide) groups is 1. The molecule has 0 saturated carbocycles. The summed E-state index contributed by atoms with van der Waals surface area (Å²) in [5.74, 6) is -0.761. The first kappa shape index (κ1) is 16.1. The van der Waals surface area contributed by atoms with E-state index in [0.29, 0.717) is 11.5 Å². The van der Waals surface area contributed by atoms with Crippen LogP contribution in [0.25, 0.3) is 0 Å². The second kappa shape index (κ2) is 7.15. The number of aliphatic hydroxyl groups excluding tert-OH is 1. The van der Waals surface area contributed by atoms with Gasteiger partial charge < -0.3 is 10.4 Å². The predicted molar refractivity (Wildman–Crippen MR) is 83.7 cm³/mol. The summed E-state index contributed by atoms with van der Waals surface area (Å²) in [7, 11) is 0. The van der Waals surface area contributed by atoms with Crippen LogP contribution in [0.4, 0.5) is 0 Å². The molecule has 0 spiro atoms. The lowest BCUT2D eigenvalue weighted by Crippen LogP contribution is -2.46. The fraction of sp³-hybridized carbons (Fsp3) is 0.200. The van der Waals surface area contributed by atoms with Crippen molar-refractivity contribution < 1.29 is 19.9 Å². The number of aliphatic hydroxyl groups is 1. The Balaban J connectivity index is 2.07. The van der Waals surface area contributed by atoms with Gasteiger partial charge in [-0.1, -0.05) is 24.8 Å². The van der Waals surface area contributed by atoms with Crippen molar-refractivity contribution in [1.29, 1.82) is 0 Å². The molecule has 1 aliphatic rings. The zero-order valence-electron chi connectivity index (χ0n) is 11.7. The van der Waals surface area contributed by atoms with Crippen LogP contribution in [-0.4, -0.2) is 33.9 Å². The number of benzene rings is 1. The van der Waals surface area contributed by atoms with Crippen LogP contribution in [0.5, 0.6) is 0 Å². The maximum absolute atomic E-state index is 12.1. The summed E-state index contributed by atoms with van der Waals surface area (Å²) in [5, 5.41) is 22.2. The van der Waals surface area contributed by atoms with E-state index in [9.17, 15) is 14.7 Å². The van der Waals surface area contributed by atoms with Crippen molar-refractivity contribution >= 4 is 23.6 Å². The Hall–Kier alpha value is -2.25. The summed E-state index contributed by atoms with van der Waals surface area (Å²) in [5.41, 5.74) is 2.81. The average molecular weight is 320 g/mol. The molecule has 1 aromatic rings. The smallest absolute Gasteiger partial charge is 0.273 e. The molecule has 0 aliphatic carbocycles. The van der Waals surface area contributed by atoms with Gasteiger partial charge in [0.2, 0.25) is 0 Å². The SMILES string of the molecule is C=C(O)[C@H](NC(=O)c1ccc(C2C=CSC2)cc1)C(=O)NO. The summed E-state index contributed by atoms with van der Waals surface area (Å²) in [6.07, 6.45) is 2.11. The number of amides is 2. The minimum Gasteiger partial charge on any atom is -0.510 e. The van der Waals surface area contributed by atoms with Gasteiger partial charge in [-0.05, 0) is 23.1 Å². The molecule has 7 heteroatoms. The van der Waals surface area contributed by atoms with E-state index in [4.69, 9.17) is 5.21 Å². The van der Waals surface area contributed by atoms with E-state index in [1.165, 1.54) is 5.48 Å². The van der Waals surface area contributed by atoms with Crippen LogP contribution in [0, 0.1) is 0 Å². The van der Waals surface area contributed by atoms with E-state index >= 15 is 0 Å². The van der Waals surface area contributed by atoms with E-state index in [2.05, 4.69) is 23.4 Å².